The van der Waals surface area contributed by atoms with Crippen LogP contribution < -0.4 is 20.4 Å². The van der Waals surface area contributed by atoms with E-state index in [0.29, 0.717) is 49.1 Å². The van der Waals surface area contributed by atoms with E-state index in [4.69, 9.17) is 29.4 Å². The molecule has 2 atom stereocenters. The first kappa shape index (κ1) is 42.2. The molecule has 0 saturated carbocycles. The van der Waals surface area contributed by atoms with Crippen molar-refractivity contribution in [1.82, 2.24) is 30.6 Å². The number of para-hydroxylation sites is 2. The zero-order valence-electron chi connectivity index (χ0n) is 33.5. The van der Waals surface area contributed by atoms with Gasteiger partial charge in [0.15, 0.2) is 11.6 Å². The Morgan fingerprint density at radius 3 is 1.44 bits per heavy atom. The van der Waals surface area contributed by atoms with E-state index in [0.717, 1.165) is 70.5 Å². The molecule has 4 N–H and O–H groups in total. The molecule has 6 aromatic rings. The predicted molar refractivity (Wildman–Crippen MR) is 232 cm³/mol. The van der Waals surface area contributed by atoms with E-state index in [1.807, 2.05) is 74.5 Å². The number of rotatable bonds is 8. The smallest absolute Gasteiger partial charge is 0.407 e. The number of amides is 2. The maximum absolute atomic E-state index is 11.8. The Morgan fingerprint density at radius 1 is 0.644 bits per heavy atom. The summed E-state index contributed by atoms with van der Waals surface area (Å²) in [7, 11) is 0. The lowest BCUT2D eigenvalue weighted by molar-refractivity contribution is 0.148. The van der Waals surface area contributed by atoms with E-state index < -0.39 is 12.2 Å². The molecule has 2 aliphatic rings. The van der Waals surface area contributed by atoms with Crippen LogP contribution in [0.25, 0.3) is 44.6 Å². The molecule has 15 heteroatoms. The summed E-state index contributed by atoms with van der Waals surface area (Å²) < 4.78 is 9.99. The predicted octanol–water partition coefficient (Wildman–Crippen LogP) is 7.69. The number of halogens is 1. The van der Waals surface area contributed by atoms with Crippen LogP contribution >= 0.6 is 12.4 Å². The zero-order chi connectivity index (χ0) is 40.8. The van der Waals surface area contributed by atoms with Crippen LogP contribution in [0.3, 0.4) is 0 Å². The Labute approximate surface area is 349 Å². The molecule has 2 fully saturated rings. The minimum absolute atomic E-state index is 0. The van der Waals surface area contributed by atoms with Crippen molar-refractivity contribution in [2.24, 2.45) is 0 Å². The Bertz CT molecular complexity index is 2280. The van der Waals surface area contributed by atoms with Crippen LogP contribution in [-0.2, 0) is 9.47 Å². The van der Waals surface area contributed by atoms with Gasteiger partial charge in [-0.2, -0.15) is 0 Å². The van der Waals surface area contributed by atoms with Gasteiger partial charge in [0.25, 0.3) is 0 Å². The van der Waals surface area contributed by atoms with E-state index in [9.17, 15) is 19.8 Å². The number of hydrogen-bond donors (Lipinski definition) is 4. The maximum atomic E-state index is 11.8. The number of anilines is 2. The minimum atomic E-state index is -0.391. The van der Waals surface area contributed by atoms with Gasteiger partial charge in [0, 0.05) is 37.0 Å². The third-order valence-corrected chi connectivity index (χ3v) is 10.1. The second kappa shape index (κ2) is 18.9. The van der Waals surface area contributed by atoms with Gasteiger partial charge in [-0.3, -0.25) is 0 Å². The third kappa shape index (κ3) is 9.83. The number of carbonyl (C=O) groups excluding carboxylic acids is 2. The lowest BCUT2D eigenvalue weighted by Crippen LogP contribution is -2.37. The Balaban J connectivity index is 0.000000195. The molecule has 2 amide bonds. The quantitative estimate of drug-likeness (QED) is 0.118. The molecule has 14 nitrogen and oxygen atoms in total. The molecule has 0 bridgehead atoms. The van der Waals surface area contributed by atoms with Crippen molar-refractivity contribution < 1.29 is 29.3 Å². The number of aromatic hydroxyl groups is 2. The fourth-order valence-electron chi connectivity index (χ4n) is 7.31. The number of alkyl carbamates (subject to hydrolysis) is 2. The summed E-state index contributed by atoms with van der Waals surface area (Å²) in [5, 5.41) is 28.3. The summed E-state index contributed by atoms with van der Waals surface area (Å²) in [5.41, 5.74) is 5.06. The van der Waals surface area contributed by atoms with Gasteiger partial charge in [0.1, 0.15) is 23.1 Å². The van der Waals surface area contributed by atoms with E-state index >= 15 is 0 Å². The summed E-state index contributed by atoms with van der Waals surface area (Å²) in [6.45, 7) is 11.1. The number of phenolic OH excluding ortho intramolecular Hbond substituents is 2. The number of ether oxygens (including phenoxy) is 2. The van der Waals surface area contributed by atoms with Crippen LogP contribution in [0.15, 0.2) is 84.9 Å². The van der Waals surface area contributed by atoms with Crippen LogP contribution in [0.5, 0.6) is 11.5 Å². The summed E-state index contributed by atoms with van der Waals surface area (Å²) >= 11 is 0. The molecule has 0 unspecified atom stereocenters. The molecule has 0 radical (unpaired) electrons. The van der Waals surface area contributed by atoms with Gasteiger partial charge in [-0.25, -0.2) is 29.5 Å². The number of fused-ring (bicyclic) bond motifs is 2. The third-order valence-electron chi connectivity index (χ3n) is 10.1. The van der Waals surface area contributed by atoms with Crippen LogP contribution in [0.1, 0.15) is 37.8 Å². The number of aryl methyl sites for hydroxylation is 2. The molecule has 2 aliphatic heterocycles. The first-order chi connectivity index (χ1) is 28.1. The summed E-state index contributed by atoms with van der Waals surface area (Å²) in [4.78, 5) is 46.8. The number of hydrogen-bond acceptors (Lipinski definition) is 12. The van der Waals surface area contributed by atoms with E-state index in [1.165, 1.54) is 0 Å². The highest BCUT2D eigenvalue weighted by atomic mass is 35.5. The molecule has 59 heavy (non-hydrogen) atoms. The Morgan fingerprint density at radius 2 is 1.05 bits per heavy atom. The average Bonchev–Trinajstić information content (AvgIpc) is 3.87. The van der Waals surface area contributed by atoms with Crippen LogP contribution in [0, 0.1) is 13.8 Å². The SMILES string of the molecule is CCOC(=O)N[C@@H]1CCN(c2nc(-c3ccccc3O)nc3cc(C)ccc23)C1.CCOC(=O)N[C@@H]1CCN(c2nc(-c3ccccc3O)nc3cc(C)ccc23)C1.Cl. The second-order valence-electron chi connectivity index (χ2n) is 14.4. The largest absolute Gasteiger partial charge is 0.507 e. The lowest BCUT2D eigenvalue weighted by Gasteiger charge is -2.21. The van der Waals surface area contributed by atoms with Crippen molar-refractivity contribution in [3.8, 4) is 34.3 Å². The van der Waals surface area contributed by atoms with Crippen molar-refractivity contribution in [2.75, 3.05) is 49.2 Å². The second-order valence-corrected chi connectivity index (χ2v) is 14.4. The molecule has 4 aromatic carbocycles. The summed E-state index contributed by atoms with van der Waals surface area (Å²) in [6, 6.07) is 26.3. The summed E-state index contributed by atoms with van der Waals surface area (Å²) in [6.07, 6.45) is 0.833. The normalized spacial score (nSPS) is 15.9. The molecular weight excluding hydrogens is 772 g/mol. The van der Waals surface area contributed by atoms with Gasteiger partial charge in [0.05, 0.1) is 47.5 Å². The average molecular weight is 821 g/mol. The Hall–Kier alpha value is -6.41. The number of nitrogens with zero attached hydrogens (tertiary/aromatic N) is 6. The van der Waals surface area contributed by atoms with Gasteiger partial charge < -0.3 is 40.1 Å². The van der Waals surface area contributed by atoms with Crippen molar-refractivity contribution in [1.29, 1.82) is 0 Å². The monoisotopic (exact) mass is 820 g/mol. The molecule has 2 aromatic heterocycles. The number of nitrogens with one attached hydrogen (secondary N) is 2. The molecule has 8 rings (SSSR count). The molecular formula is C44H49ClN8O6. The van der Waals surface area contributed by atoms with Crippen molar-refractivity contribution in [3.63, 3.8) is 0 Å². The highest BCUT2D eigenvalue weighted by molar-refractivity contribution is 5.93. The van der Waals surface area contributed by atoms with Crippen LogP contribution in [0.2, 0.25) is 0 Å². The molecule has 0 aliphatic carbocycles. The first-order valence-electron chi connectivity index (χ1n) is 19.6. The van der Waals surface area contributed by atoms with E-state index in [1.54, 1.807) is 38.1 Å². The van der Waals surface area contributed by atoms with Gasteiger partial charge in [-0.05, 0) is 100 Å². The van der Waals surface area contributed by atoms with E-state index in [-0.39, 0.29) is 36.0 Å². The molecule has 308 valence electrons. The zero-order valence-corrected chi connectivity index (χ0v) is 34.3. The van der Waals surface area contributed by atoms with Gasteiger partial charge in [-0.1, -0.05) is 36.4 Å². The fourth-order valence-corrected chi connectivity index (χ4v) is 7.31. The van der Waals surface area contributed by atoms with Crippen molar-refractivity contribution in [3.05, 3.63) is 96.1 Å². The van der Waals surface area contributed by atoms with Crippen LogP contribution in [0.4, 0.5) is 21.2 Å². The van der Waals surface area contributed by atoms with Gasteiger partial charge in [-0.15, -0.1) is 12.4 Å². The van der Waals surface area contributed by atoms with Gasteiger partial charge >= 0.3 is 12.2 Å². The van der Waals surface area contributed by atoms with Crippen LogP contribution in [-0.4, -0.2) is 93.8 Å². The highest BCUT2D eigenvalue weighted by Crippen LogP contribution is 2.35. The fraction of sp³-hybridized carbons (Fsp3) is 0.318. The molecule has 0 spiro atoms. The first-order valence-corrected chi connectivity index (χ1v) is 19.6. The maximum Gasteiger partial charge on any atom is 0.407 e. The number of benzene rings is 4. The molecule has 2 saturated heterocycles. The number of carbonyl (C=O) groups is 2. The van der Waals surface area contributed by atoms with Gasteiger partial charge in [0.2, 0.25) is 0 Å². The standard InChI is InChI=1S/2C22H24N4O3.ClH/c2*1-3-29-22(28)23-15-10-11-26(13-15)21-16-9-8-14(2)12-18(16)24-20(25-21)17-6-4-5-7-19(17)27;/h2*4-9,12,15,27H,3,10-11,13H2,1-2H3,(H,23,28);1H/t2*15-;/m11./s1. The minimum Gasteiger partial charge on any atom is -0.507 e. The number of aromatic nitrogens is 4. The lowest BCUT2D eigenvalue weighted by atomic mass is 10.1. The topological polar surface area (TPSA) is 175 Å². The molecule has 4 heterocycles. The van der Waals surface area contributed by atoms with Crippen molar-refractivity contribution in [2.45, 2.75) is 52.6 Å². The van der Waals surface area contributed by atoms with Crippen molar-refractivity contribution >= 4 is 58.0 Å². The number of phenols is 2. The Kier molecular flexibility index (Phi) is 13.5. The summed E-state index contributed by atoms with van der Waals surface area (Å²) in [5.74, 6) is 2.88. The highest BCUT2D eigenvalue weighted by Gasteiger charge is 2.29. The van der Waals surface area contributed by atoms with E-state index in [2.05, 4.69) is 20.4 Å².